The first-order chi connectivity index (χ1) is 8.49. The minimum Gasteiger partial charge on any atom is -0.506 e. The fourth-order valence-corrected chi connectivity index (χ4v) is 1.01. The summed E-state index contributed by atoms with van der Waals surface area (Å²) in [4.78, 5) is 10.5. The molecule has 0 atom stereocenters. The van der Waals surface area contributed by atoms with Gasteiger partial charge in [-0.2, -0.15) is 13.2 Å². The fourth-order valence-electron chi connectivity index (χ4n) is 1.01. The first-order valence-corrected chi connectivity index (χ1v) is 4.46. The van der Waals surface area contributed by atoms with Gasteiger partial charge in [-0.1, -0.05) is 0 Å². The van der Waals surface area contributed by atoms with Crippen molar-refractivity contribution in [3.05, 3.63) is 18.2 Å². The van der Waals surface area contributed by atoms with Gasteiger partial charge in [0.15, 0.2) is 0 Å². The van der Waals surface area contributed by atoms with Crippen LogP contribution in [0.5, 0.6) is 11.5 Å². The van der Waals surface area contributed by atoms with E-state index >= 15 is 0 Å². The Morgan fingerprint density at radius 3 is 2.16 bits per heavy atom. The number of carbonyl (C=O) groups is 1. The molecule has 0 fully saturated rings. The molecule has 2 N–H and O–H groups in total. The zero-order chi connectivity index (χ0) is 14.8. The first kappa shape index (κ1) is 14.9. The number of ether oxygens (including phenoxy) is 1. The third kappa shape index (κ3) is 4.56. The van der Waals surface area contributed by atoms with Gasteiger partial charge in [-0.3, -0.25) is 4.79 Å². The molecule has 106 valence electrons. The molecule has 0 aliphatic heterocycles. The molecule has 0 aliphatic carbocycles. The zero-order valence-electron chi connectivity index (χ0n) is 8.76. The van der Waals surface area contributed by atoms with E-state index in [9.17, 15) is 36.2 Å². The highest BCUT2D eigenvalue weighted by atomic mass is 19.4. The summed E-state index contributed by atoms with van der Waals surface area (Å²) in [5, 5.41) is 10.5. The monoisotopic (exact) mass is 289 g/mol. The number of anilines is 1. The van der Waals surface area contributed by atoms with Crippen molar-refractivity contribution < 1.29 is 41.0 Å². The van der Waals surface area contributed by atoms with Crippen molar-refractivity contribution in [3.63, 3.8) is 0 Å². The average Bonchev–Trinajstić information content (AvgIpc) is 2.18. The Morgan fingerprint density at radius 1 is 1.16 bits per heavy atom. The van der Waals surface area contributed by atoms with Crippen molar-refractivity contribution in [3.8, 4) is 11.5 Å². The maximum Gasteiger partial charge on any atom is 0.573 e. The standard InChI is InChI=1S/C9H5F6NO3/c10-8(11,12)7(18)16-5-2-1-4(3-6(5)17)19-9(13,14)15/h1-3,17H,(H,16,18). The average molecular weight is 289 g/mol. The highest BCUT2D eigenvalue weighted by Gasteiger charge is 2.39. The lowest BCUT2D eigenvalue weighted by Crippen LogP contribution is -2.29. The lowest BCUT2D eigenvalue weighted by Gasteiger charge is -2.12. The highest BCUT2D eigenvalue weighted by Crippen LogP contribution is 2.32. The number of benzene rings is 1. The van der Waals surface area contributed by atoms with E-state index < -0.39 is 35.6 Å². The summed E-state index contributed by atoms with van der Waals surface area (Å²) >= 11 is 0. The number of hydrogen-bond donors (Lipinski definition) is 2. The number of halogens is 6. The molecular weight excluding hydrogens is 284 g/mol. The number of phenolic OH excluding ortho intramolecular Hbond substituents is 1. The molecule has 19 heavy (non-hydrogen) atoms. The molecule has 1 aromatic rings. The van der Waals surface area contributed by atoms with Crippen LogP contribution in [0, 0.1) is 0 Å². The Kier molecular flexibility index (Phi) is 3.82. The summed E-state index contributed by atoms with van der Waals surface area (Å²) in [5.74, 6) is -4.21. The normalized spacial score (nSPS) is 12.1. The smallest absolute Gasteiger partial charge is 0.506 e. The SMILES string of the molecule is O=C(Nc1ccc(OC(F)(F)F)cc1O)C(F)(F)F. The van der Waals surface area contributed by atoms with Gasteiger partial charge in [-0.05, 0) is 12.1 Å². The van der Waals surface area contributed by atoms with Crippen LogP contribution in [0.4, 0.5) is 32.0 Å². The van der Waals surface area contributed by atoms with E-state index in [0.717, 1.165) is 0 Å². The van der Waals surface area contributed by atoms with Gasteiger partial charge < -0.3 is 15.2 Å². The Labute approximate surface area is 101 Å². The Hall–Kier alpha value is -2.13. The number of rotatable bonds is 2. The molecule has 0 aliphatic rings. The van der Waals surface area contributed by atoms with Crippen molar-refractivity contribution in [1.82, 2.24) is 0 Å². The molecule has 0 unspecified atom stereocenters. The van der Waals surface area contributed by atoms with Crippen LogP contribution in [-0.2, 0) is 4.79 Å². The molecule has 0 saturated carbocycles. The summed E-state index contributed by atoms with van der Waals surface area (Å²) in [6.45, 7) is 0. The van der Waals surface area contributed by atoms with Gasteiger partial charge in [0.1, 0.15) is 11.5 Å². The second-order valence-corrected chi connectivity index (χ2v) is 3.18. The molecule has 0 saturated heterocycles. The predicted octanol–water partition coefficient (Wildman–Crippen LogP) is 2.79. The molecule has 1 amide bonds. The van der Waals surface area contributed by atoms with Crippen LogP contribution in [0.2, 0.25) is 0 Å². The van der Waals surface area contributed by atoms with Crippen molar-refractivity contribution >= 4 is 11.6 Å². The van der Waals surface area contributed by atoms with Crippen molar-refractivity contribution in [1.29, 1.82) is 0 Å². The van der Waals surface area contributed by atoms with Crippen LogP contribution in [-0.4, -0.2) is 23.6 Å². The molecule has 0 heterocycles. The quantitative estimate of drug-likeness (QED) is 0.650. The van der Waals surface area contributed by atoms with Gasteiger partial charge in [-0.15, -0.1) is 13.2 Å². The highest BCUT2D eigenvalue weighted by molar-refractivity contribution is 5.96. The number of phenols is 1. The number of amides is 1. The molecule has 0 spiro atoms. The maximum absolute atomic E-state index is 11.9. The topological polar surface area (TPSA) is 58.6 Å². The Morgan fingerprint density at radius 2 is 1.74 bits per heavy atom. The fraction of sp³-hybridized carbons (Fsp3) is 0.222. The van der Waals surface area contributed by atoms with E-state index in [1.807, 2.05) is 0 Å². The number of nitrogens with one attached hydrogen (secondary N) is 1. The van der Waals surface area contributed by atoms with E-state index in [4.69, 9.17) is 0 Å². The maximum atomic E-state index is 11.9. The molecule has 0 bridgehead atoms. The number of hydrogen-bond acceptors (Lipinski definition) is 3. The number of aromatic hydroxyl groups is 1. The first-order valence-electron chi connectivity index (χ1n) is 4.46. The molecule has 1 aromatic carbocycles. The second kappa shape index (κ2) is 4.86. The van der Waals surface area contributed by atoms with Crippen LogP contribution in [0.1, 0.15) is 0 Å². The molecule has 4 nitrogen and oxygen atoms in total. The van der Waals surface area contributed by atoms with Gasteiger partial charge in [0.2, 0.25) is 0 Å². The summed E-state index contributed by atoms with van der Waals surface area (Å²) < 4.78 is 74.6. The predicted molar refractivity (Wildman–Crippen MR) is 49.5 cm³/mol. The number of alkyl halides is 6. The van der Waals surface area contributed by atoms with E-state index in [2.05, 4.69) is 4.74 Å². The van der Waals surface area contributed by atoms with Crippen molar-refractivity contribution in [2.24, 2.45) is 0 Å². The molecule has 10 heteroatoms. The zero-order valence-corrected chi connectivity index (χ0v) is 8.76. The molecule has 1 rings (SSSR count). The third-order valence-corrected chi connectivity index (χ3v) is 1.71. The van der Waals surface area contributed by atoms with Crippen LogP contribution in [0.3, 0.4) is 0 Å². The largest absolute Gasteiger partial charge is 0.573 e. The van der Waals surface area contributed by atoms with Crippen LogP contribution in [0.25, 0.3) is 0 Å². The minimum atomic E-state index is -5.19. The van der Waals surface area contributed by atoms with Crippen LogP contribution >= 0.6 is 0 Å². The molecule has 0 aromatic heterocycles. The van der Waals surface area contributed by atoms with E-state index in [1.165, 1.54) is 5.32 Å². The van der Waals surface area contributed by atoms with E-state index in [-0.39, 0.29) is 0 Å². The lowest BCUT2D eigenvalue weighted by atomic mass is 10.2. The molecule has 0 radical (unpaired) electrons. The Bertz CT molecular complexity index is 482. The van der Waals surface area contributed by atoms with Crippen LogP contribution in [0.15, 0.2) is 18.2 Å². The number of carbonyl (C=O) groups excluding carboxylic acids is 1. The Balaban J connectivity index is 2.87. The van der Waals surface area contributed by atoms with E-state index in [1.54, 1.807) is 0 Å². The third-order valence-electron chi connectivity index (χ3n) is 1.71. The van der Waals surface area contributed by atoms with Gasteiger partial charge in [-0.25, -0.2) is 0 Å². The van der Waals surface area contributed by atoms with E-state index in [0.29, 0.717) is 18.2 Å². The van der Waals surface area contributed by atoms with Crippen molar-refractivity contribution in [2.75, 3.05) is 5.32 Å². The summed E-state index contributed by atoms with van der Waals surface area (Å²) in [7, 11) is 0. The van der Waals surface area contributed by atoms with Crippen molar-refractivity contribution in [2.45, 2.75) is 12.5 Å². The second-order valence-electron chi connectivity index (χ2n) is 3.18. The minimum absolute atomic E-state index is 0.416. The van der Waals surface area contributed by atoms with Crippen LogP contribution < -0.4 is 10.1 Å². The van der Waals surface area contributed by atoms with Gasteiger partial charge in [0, 0.05) is 6.07 Å². The lowest BCUT2D eigenvalue weighted by molar-refractivity contribution is -0.274. The molecular formula is C9H5F6NO3. The van der Waals surface area contributed by atoms with Gasteiger partial charge in [0.05, 0.1) is 5.69 Å². The summed E-state index contributed by atoms with van der Waals surface area (Å²) in [5.41, 5.74) is -0.697. The van der Waals surface area contributed by atoms with Gasteiger partial charge >= 0.3 is 18.4 Å². The summed E-state index contributed by atoms with van der Waals surface area (Å²) in [6, 6.07) is 1.69. The summed E-state index contributed by atoms with van der Waals surface area (Å²) in [6.07, 6.45) is -10.2. The van der Waals surface area contributed by atoms with Gasteiger partial charge in [0.25, 0.3) is 0 Å².